The summed E-state index contributed by atoms with van der Waals surface area (Å²) in [6, 6.07) is 4.68. The van der Waals surface area contributed by atoms with Crippen LogP contribution in [0.1, 0.15) is 23.7 Å². The van der Waals surface area contributed by atoms with E-state index >= 15 is 0 Å². The van der Waals surface area contributed by atoms with Crippen LogP contribution >= 0.6 is 11.8 Å². The predicted molar refractivity (Wildman–Crippen MR) is 88.5 cm³/mol. The number of nitrogens with zero attached hydrogens (tertiary/aromatic N) is 2. The van der Waals surface area contributed by atoms with Gasteiger partial charge in [0.15, 0.2) is 10.9 Å². The molecule has 1 N–H and O–H groups in total. The topological polar surface area (TPSA) is 98.1 Å². The average molecular weight is 335 g/mol. The van der Waals surface area contributed by atoms with Gasteiger partial charge >= 0.3 is 5.69 Å². The van der Waals surface area contributed by atoms with Crippen LogP contribution in [-0.2, 0) is 12.8 Å². The van der Waals surface area contributed by atoms with Crippen LogP contribution in [0.25, 0.3) is 0 Å². The first-order chi connectivity index (χ1) is 11.0. The number of aryl methyl sites for hydroxylation is 1. The Bertz CT molecular complexity index is 789. The first kappa shape index (κ1) is 17.0. The molecule has 0 amide bonds. The van der Waals surface area contributed by atoms with Crippen molar-refractivity contribution in [2.75, 3.05) is 13.4 Å². The van der Waals surface area contributed by atoms with E-state index in [1.165, 1.54) is 31.0 Å². The zero-order valence-electron chi connectivity index (χ0n) is 13.1. The van der Waals surface area contributed by atoms with Gasteiger partial charge in [-0.15, -0.1) is 0 Å². The smallest absolute Gasteiger partial charge is 0.311 e. The normalized spacial score (nSPS) is 10.6. The summed E-state index contributed by atoms with van der Waals surface area (Å²) in [5.41, 5.74) is 1.57. The lowest BCUT2D eigenvalue weighted by atomic mass is 10.0. The standard InChI is InChI=1S/C15H17N3O4S/c1-4-11-10(14(19)17-15(16-11)23-3)7-9-5-6-13(22-2)12(8-9)18(20)21/h5-6,8H,4,7H2,1-3H3,(H,16,17,19). The molecular formula is C15H17N3O4S. The third-order valence-corrected chi connectivity index (χ3v) is 4.01. The van der Waals surface area contributed by atoms with Gasteiger partial charge in [0.1, 0.15) is 0 Å². The van der Waals surface area contributed by atoms with Gasteiger partial charge in [-0.05, 0) is 24.3 Å². The van der Waals surface area contributed by atoms with Crippen LogP contribution in [0.15, 0.2) is 28.2 Å². The number of ether oxygens (including phenoxy) is 1. The molecule has 23 heavy (non-hydrogen) atoms. The van der Waals surface area contributed by atoms with Gasteiger partial charge in [0.25, 0.3) is 5.56 Å². The van der Waals surface area contributed by atoms with Crippen molar-refractivity contribution in [1.29, 1.82) is 0 Å². The summed E-state index contributed by atoms with van der Waals surface area (Å²) >= 11 is 1.37. The van der Waals surface area contributed by atoms with E-state index in [-0.39, 0.29) is 23.4 Å². The van der Waals surface area contributed by atoms with E-state index in [4.69, 9.17) is 4.74 Å². The molecule has 0 saturated carbocycles. The Balaban J connectivity index is 2.45. The quantitative estimate of drug-likeness (QED) is 0.377. The fraction of sp³-hybridized carbons (Fsp3) is 0.333. The number of thioether (sulfide) groups is 1. The van der Waals surface area contributed by atoms with E-state index in [2.05, 4.69) is 9.97 Å². The molecule has 0 spiro atoms. The maximum absolute atomic E-state index is 12.3. The maximum atomic E-state index is 12.3. The molecule has 0 unspecified atom stereocenters. The summed E-state index contributed by atoms with van der Waals surface area (Å²) in [6.07, 6.45) is 2.74. The van der Waals surface area contributed by atoms with Crippen molar-refractivity contribution >= 4 is 17.4 Å². The highest BCUT2D eigenvalue weighted by Gasteiger charge is 2.17. The summed E-state index contributed by atoms with van der Waals surface area (Å²) < 4.78 is 4.99. The molecule has 2 rings (SSSR count). The van der Waals surface area contributed by atoms with Crippen molar-refractivity contribution in [3.05, 3.63) is 55.5 Å². The molecule has 7 nitrogen and oxygen atoms in total. The number of aromatic nitrogens is 2. The fourth-order valence-corrected chi connectivity index (χ4v) is 2.68. The number of hydrogen-bond acceptors (Lipinski definition) is 6. The summed E-state index contributed by atoms with van der Waals surface area (Å²) in [6.45, 7) is 1.92. The molecule has 0 bridgehead atoms. The van der Waals surface area contributed by atoms with Crippen molar-refractivity contribution in [1.82, 2.24) is 9.97 Å². The van der Waals surface area contributed by atoms with E-state index in [0.29, 0.717) is 28.4 Å². The van der Waals surface area contributed by atoms with E-state index in [0.717, 1.165) is 0 Å². The molecule has 0 aliphatic carbocycles. The molecule has 0 fully saturated rings. The highest BCUT2D eigenvalue weighted by atomic mass is 32.2. The first-order valence-corrected chi connectivity index (χ1v) is 8.20. The number of H-pyrrole nitrogens is 1. The van der Waals surface area contributed by atoms with Gasteiger partial charge in [-0.3, -0.25) is 14.9 Å². The van der Waals surface area contributed by atoms with Crippen LogP contribution in [0.3, 0.4) is 0 Å². The lowest BCUT2D eigenvalue weighted by Gasteiger charge is -2.09. The highest BCUT2D eigenvalue weighted by molar-refractivity contribution is 7.98. The minimum Gasteiger partial charge on any atom is -0.490 e. The molecule has 1 heterocycles. The average Bonchev–Trinajstić information content (AvgIpc) is 2.56. The van der Waals surface area contributed by atoms with Crippen LogP contribution < -0.4 is 10.3 Å². The molecular weight excluding hydrogens is 318 g/mol. The number of rotatable bonds is 6. The van der Waals surface area contributed by atoms with Gasteiger partial charge in [-0.2, -0.15) is 0 Å². The van der Waals surface area contributed by atoms with Crippen molar-refractivity contribution < 1.29 is 9.66 Å². The molecule has 8 heteroatoms. The second-order valence-electron chi connectivity index (χ2n) is 4.79. The lowest BCUT2D eigenvalue weighted by Crippen LogP contribution is -2.19. The van der Waals surface area contributed by atoms with Gasteiger partial charge in [-0.1, -0.05) is 24.8 Å². The molecule has 0 radical (unpaired) electrons. The van der Waals surface area contributed by atoms with Crippen molar-refractivity contribution in [3.8, 4) is 5.75 Å². The molecule has 0 aliphatic heterocycles. The van der Waals surface area contributed by atoms with Gasteiger partial charge in [-0.25, -0.2) is 4.98 Å². The monoisotopic (exact) mass is 335 g/mol. The number of benzene rings is 1. The second kappa shape index (κ2) is 7.28. The van der Waals surface area contributed by atoms with Crippen LogP contribution in [0.5, 0.6) is 5.75 Å². The first-order valence-electron chi connectivity index (χ1n) is 6.97. The second-order valence-corrected chi connectivity index (χ2v) is 5.59. The Morgan fingerprint density at radius 1 is 1.43 bits per heavy atom. The summed E-state index contributed by atoms with van der Waals surface area (Å²) in [7, 11) is 1.38. The zero-order chi connectivity index (χ0) is 17.0. The SMILES string of the molecule is CCc1nc(SC)[nH]c(=O)c1Cc1ccc(OC)c([N+](=O)[O-])c1. The molecule has 2 aromatic rings. The van der Waals surface area contributed by atoms with Crippen LogP contribution in [-0.4, -0.2) is 28.3 Å². The molecule has 0 saturated heterocycles. The predicted octanol–water partition coefficient (Wildman–Crippen LogP) is 2.56. The zero-order valence-corrected chi connectivity index (χ0v) is 13.9. The summed E-state index contributed by atoms with van der Waals surface area (Å²) in [4.78, 5) is 30.0. The minimum atomic E-state index is -0.498. The van der Waals surface area contributed by atoms with Crippen molar-refractivity contribution in [2.24, 2.45) is 0 Å². The van der Waals surface area contributed by atoms with Gasteiger partial charge in [0.05, 0.1) is 17.7 Å². The number of hydrogen-bond donors (Lipinski definition) is 1. The van der Waals surface area contributed by atoms with E-state index < -0.39 is 4.92 Å². The largest absolute Gasteiger partial charge is 0.490 e. The fourth-order valence-electron chi connectivity index (χ4n) is 2.29. The number of nitrogens with one attached hydrogen (secondary N) is 1. The summed E-state index contributed by atoms with van der Waals surface area (Å²) in [5, 5.41) is 11.7. The minimum absolute atomic E-state index is 0.117. The lowest BCUT2D eigenvalue weighted by molar-refractivity contribution is -0.385. The third kappa shape index (κ3) is 3.70. The number of aromatic amines is 1. The van der Waals surface area contributed by atoms with Crippen LogP contribution in [0, 0.1) is 10.1 Å². The number of nitro groups is 1. The molecule has 1 aromatic carbocycles. The van der Waals surface area contributed by atoms with Gasteiger partial charge < -0.3 is 9.72 Å². The van der Waals surface area contributed by atoms with Gasteiger partial charge in [0.2, 0.25) is 0 Å². The van der Waals surface area contributed by atoms with Crippen molar-refractivity contribution in [3.63, 3.8) is 0 Å². The molecule has 0 aliphatic rings. The Kier molecular flexibility index (Phi) is 5.38. The molecule has 1 aromatic heterocycles. The Labute approximate surface area is 137 Å². The Hall–Kier alpha value is -2.35. The Morgan fingerprint density at radius 2 is 2.17 bits per heavy atom. The molecule has 122 valence electrons. The number of methoxy groups -OCH3 is 1. The van der Waals surface area contributed by atoms with Crippen LogP contribution in [0.4, 0.5) is 5.69 Å². The van der Waals surface area contributed by atoms with E-state index in [9.17, 15) is 14.9 Å². The third-order valence-electron chi connectivity index (χ3n) is 3.43. The van der Waals surface area contributed by atoms with Crippen molar-refractivity contribution in [2.45, 2.75) is 24.9 Å². The Morgan fingerprint density at radius 3 is 2.74 bits per heavy atom. The number of nitro benzene ring substituents is 1. The molecule has 0 atom stereocenters. The maximum Gasteiger partial charge on any atom is 0.311 e. The van der Waals surface area contributed by atoms with Gasteiger partial charge in [0, 0.05) is 18.1 Å². The summed E-state index contributed by atoms with van der Waals surface area (Å²) in [5.74, 6) is 0.194. The van der Waals surface area contributed by atoms with E-state index in [1.54, 1.807) is 6.07 Å². The van der Waals surface area contributed by atoms with E-state index in [1.807, 2.05) is 13.2 Å². The van der Waals surface area contributed by atoms with Crippen LogP contribution in [0.2, 0.25) is 0 Å². The highest BCUT2D eigenvalue weighted by Crippen LogP contribution is 2.28.